The Balaban J connectivity index is 0.00000392. The van der Waals surface area contributed by atoms with Crippen LogP contribution < -0.4 is 4.52 Å². The average molecular weight is 525 g/mol. The molecular weight excluding hydrogens is 503 g/mol. The maximum Gasteiger partial charge on any atom is 0.442 e. The molecule has 0 aromatic heterocycles. The molecule has 1 atom stereocenters. The van der Waals surface area contributed by atoms with Crippen LogP contribution in [0.15, 0.2) is 46.9 Å². The van der Waals surface area contributed by atoms with Gasteiger partial charge in [0, 0.05) is 70.6 Å². The van der Waals surface area contributed by atoms with Gasteiger partial charge in [0.05, 0.1) is 4.47 Å². The van der Waals surface area contributed by atoms with Crippen molar-refractivity contribution in [2.45, 2.75) is 43.9 Å². The van der Waals surface area contributed by atoms with Crippen molar-refractivity contribution in [2.75, 3.05) is 0 Å². The van der Waals surface area contributed by atoms with Crippen LogP contribution >= 0.6 is 35.3 Å². The van der Waals surface area contributed by atoms with E-state index in [1.54, 1.807) is 23.9 Å². The van der Waals surface area contributed by atoms with Crippen molar-refractivity contribution >= 4 is 94.4 Å². The first-order valence-electron chi connectivity index (χ1n) is 8.25. The Labute approximate surface area is 228 Å². The SMILES string of the molecule is CC(C)(C)c1ccc(CSCc2ccc(OP(=O)(O)C(F)F)c(Br)c2)cc1.[Na].[Na]. The van der Waals surface area contributed by atoms with Gasteiger partial charge in [-0.25, -0.2) is 4.57 Å². The van der Waals surface area contributed by atoms with Crippen LogP contribution in [0.4, 0.5) is 8.78 Å². The molecule has 150 valence electrons. The van der Waals surface area contributed by atoms with Crippen LogP contribution in [0.5, 0.6) is 5.75 Å². The molecule has 0 bridgehead atoms. The molecule has 0 amide bonds. The first kappa shape index (κ1) is 30.1. The van der Waals surface area contributed by atoms with Gasteiger partial charge in [-0.3, -0.25) is 0 Å². The number of rotatable bonds is 7. The number of benzene rings is 2. The Morgan fingerprint density at radius 2 is 1.59 bits per heavy atom. The van der Waals surface area contributed by atoms with Crippen molar-refractivity contribution in [1.82, 2.24) is 0 Å². The van der Waals surface area contributed by atoms with Crippen LogP contribution in [0.3, 0.4) is 0 Å². The van der Waals surface area contributed by atoms with Crippen LogP contribution in [0.25, 0.3) is 0 Å². The zero-order valence-electron chi connectivity index (χ0n) is 17.3. The third kappa shape index (κ3) is 9.65. The smallest absolute Gasteiger partial charge is 0.420 e. The number of halogens is 3. The minimum absolute atomic E-state index is 0. The van der Waals surface area contributed by atoms with Crippen molar-refractivity contribution in [3.63, 3.8) is 0 Å². The van der Waals surface area contributed by atoms with Crippen LogP contribution in [0.2, 0.25) is 0 Å². The topological polar surface area (TPSA) is 46.5 Å². The molecule has 29 heavy (non-hydrogen) atoms. The summed E-state index contributed by atoms with van der Waals surface area (Å²) in [5.41, 5.74) is 3.60. The summed E-state index contributed by atoms with van der Waals surface area (Å²) in [5, 5.41) is 0. The van der Waals surface area contributed by atoms with E-state index >= 15 is 0 Å². The van der Waals surface area contributed by atoms with Crippen LogP contribution in [0, 0.1) is 0 Å². The van der Waals surface area contributed by atoms with Crippen molar-refractivity contribution in [2.24, 2.45) is 0 Å². The minimum Gasteiger partial charge on any atom is -0.420 e. The second-order valence-corrected chi connectivity index (χ2v) is 10.7. The molecule has 10 heteroatoms. The maximum atomic E-state index is 12.5. The van der Waals surface area contributed by atoms with Gasteiger partial charge >= 0.3 is 13.8 Å². The van der Waals surface area contributed by atoms with Gasteiger partial charge in [-0.1, -0.05) is 51.1 Å². The standard InChI is InChI=1S/C19H22BrF2O3PS.2Na/c1-19(2,3)15-7-4-13(5-8-15)11-27-12-14-6-9-17(16(20)10-14)25-26(23,24)18(21)22;;/h4-10,18H,11-12H2,1-3H3,(H,23,24);;. The Kier molecular flexibility index (Phi) is 13.5. The number of thioether (sulfide) groups is 1. The fraction of sp³-hybridized carbons (Fsp3) is 0.368. The van der Waals surface area contributed by atoms with E-state index < -0.39 is 13.8 Å². The molecule has 2 aromatic rings. The summed E-state index contributed by atoms with van der Waals surface area (Å²) < 4.78 is 41.2. The quantitative estimate of drug-likeness (QED) is 0.345. The first-order valence-corrected chi connectivity index (χ1v) is 11.8. The van der Waals surface area contributed by atoms with E-state index in [9.17, 15) is 13.3 Å². The third-order valence-corrected chi connectivity index (χ3v) is 6.48. The van der Waals surface area contributed by atoms with Gasteiger partial charge in [0.1, 0.15) is 5.75 Å². The number of hydrogen-bond acceptors (Lipinski definition) is 3. The molecule has 2 radical (unpaired) electrons. The van der Waals surface area contributed by atoms with Gasteiger partial charge in [0.25, 0.3) is 0 Å². The van der Waals surface area contributed by atoms with Crippen molar-refractivity contribution in [3.8, 4) is 5.75 Å². The van der Waals surface area contributed by atoms with E-state index in [2.05, 4.69) is 65.5 Å². The second kappa shape index (κ2) is 13.0. The van der Waals surface area contributed by atoms with E-state index in [4.69, 9.17) is 4.89 Å². The van der Waals surface area contributed by atoms with E-state index in [1.807, 2.05) is 0 Å². The predicted molar refractivity (Wildman–Crippen MR) is 122 cm³/mol. The molecule has 0 fully saturated rings. The summed E-state index contributed by atoms with van der Waals surface area (Å²) in [6.45, 7) is 6.54. The van der Waals surface area contributed by atoms with Crippen LogP contribution in [0.1, 0.15) is 37.5 Å². The first-order chi connectivity index (χ1) is 12.5. The van der Waals surface area contributed by atoms with Gasteiger partial charge in [0.15, 0.2) is 0 Å². The molecule has 2 rings (SSSR count). The van der Waals surface area contributed by atoms with E-state index in [1.165, 1.54) is 17.2 Å². The zero-order valence-corrected chi connectivity index (χ0v) is 24.6. The summed E-state index contributed by atoms with van der Waals surface area (Å²) in [4.78, 5) is 9.13. The van der Waals surface area contributed by atoms with E-state index in [0.717, 1.165) is 11.3 Å². The number of alkyl halides is 2. The Bertz CT molecular complexity index is 833. The van der Waals surface area contributed by atoms with Crippen molar-refractivity contribution in [3.05, 3.63) is 63.6 Å². The van der Waals surface area contributed by atoms with Gasteiger partial charge in [-0.05, 0) is 50.2 Å². The van der Waals surface area contributed by atoms with Gasteiger partial charge in [-0.2, -0.15) is 20.5 Å². The van der Waals surface area contributed by atoms with E-state index in [-0.39, 0.29) is 70.3 Å². The molecule has 0 saturated carbocycles. The van der Waals surface area contributed by atoms with Crippen molar-refractivity contribution < 1.29 is 22.8 Å². The molecule has 0 heterocycles. The number of hydrogen-bond donors (Lipinski definition) is 1. The van der Waals surface area contributed by atoms with E-state index in [0.29, 0.717) is 10.2 Å². The molecule has 0 spiro atoms. The molecule has 0 aliphatic rings. The molecule has 0 saturated heterocycles. The van der Waals surface area contributed by atoms with Gasteiger partial charge in [0.2, 0.25) is 0 Å². The van der Waals surface area contributed by atoms with Gasteiger partial charge in [-0.15, -0.1) is 0 Å². The molecule has 1 N–H and O–H groups in total. The summed E-state index contributed by atoms with van der Waals surface area (Å²) in [6, 6.07) is 13.4. The molecule has 2 aromatic carbocycles. The Hall–Kier alpha value is 1.12. The van der Waals surface area contributed by atoms with Crippen molar-refractivity contribution in [1.29, 1.82) is 0 Å². The fourth-order valence-electron chi connectivity index (χ4n) is 2.28. The molecule has 0 aliphatic carbocycles. The monoisotopic (exact) mass is 524 g/mol. The molecular formula is C19H22BrF2Na2O3PS. The fourth-order valence-corrected chi connectivity index (χ4v) is 4.38. The summed E-state index contributed by atoms with van der Waals surface area (Å²) in [7, 11) is -4.97. The Morgan fingerprint density at radius 1 is 1.07 bits per heavy atom. The molecule has 0 aliphatic heterocycles. The zero-order chi connectivity index (χ0) is 20.2. The second-order valence-electron chi connectivity index (χ2n) is 7.14. The largest absolute Gasteiger partial charge is 0.442 e. The third-order valence-electron chi connectivity index (χ3n) is 3.83. The van der Waals surface area contributed by atoms with Crippen LogP contribution in [-0.2, 0) is 21.5 Å². The minimum atomic E-state index is -4.97. The van der Waals surface area contributed by atoms with Gasteiger partial charge < -0.3 is 9.42 Å². The predicted octanol–water partition coefficient (Wildman–Crippen LogP) is 6.21. The Morgan fingerprint density at radius 3 is 2.07 bits per heavy atom. The summed E-state index contributed by atoms with van der Waals surface area (Å²) in [6.07, 6.45) is -3.44. The summed E-state index contributed by atoms with van der Waals surface area (Å²) >= 11 is 4.92. The normalized spacial score (nSPS) is 13.2. The average Bonchev–Trinajstić information content (AvgIpc) is 2.57. The molecule has 1 unspecified atom stereocenters. The molecule has 3 nitrogen and oxygen atoms in total. The maximum absolute atomic E-state index is 12.5. The summed E-state index contributed by atoms with van der Waals surface area (Å²) in [5.74, 6) is 1.48. The van der Waals surface area contributed by atoms with Crippen LogP contribution in [-0.4, -0.2) is 70.2 Å².